The zero-order chi connectivity index (χ0) is 13.8. The third-order valence-corrected chi connectivity index (χ3v) is 3.19. The van der Waals surface area contributed by atoms with Crippen molar-refractivity contribution in [2.45, 2.75) is 19.8 Å². The van der Waals surface area contributed by atoms with Gasteiger partial charge in [0.1, 0.15) is 0 Å². The fourth-order valence-electron chi connectivity index (χ4n) is 2.08. The van der Waals surface area contributed by atoms with Crippen LogP contribution >= 0.6 is 0 Å². The van der Waals surface area contributed by atoms with Crippen LogP contribution < -0.4 is 5.48 Å². The Labute approximate surface area is 112 Å². The van der Waals surface area contributed by atoms with E-state index in [1.807, 2.05) is 62.4 Å². The number of aryl methyl sites for hydroxylation is 2. The van der Waals surface area contributed by atoms with Crippen molar-refractivity contribution in [2.24, 2.45) is 0 Å². The number of rotatable bonds is 3. The van der Waals surface area contributed by atoms with Gasteiger partial charge in [0.15, 0.2) is 0 Å². The molecule has 0 saturated carbocycles. The van der Waals surface area contributed by atoms with Crippen molar-refractivity contribution in [2.75, 3.05) is 0 Å². The highest BCUT2D eigenvalue weighted by atomic mass is 16.5. The molecule has 1 amide bonds. The lowest BCUT2D eigenvalue weighted by Crippen LogP contribution is -2.27. The highest BCUT2D eigenvalue weighted by molar-refractivity contribution is 5.86. The fourth-order valence-corrected chi connectivity index (χ4v) is 2.08. The lowest BCUT2D eigenvalue weighted by atomic mass is 9.90. The second-order valence-corrected chi connectivity index (χ2v) is 4.73. The van der Waals surface area contributed by atoms with E-state index in [2.05, 4.69) is 0 Å². The van der Waals surface area contributed by atoms with Gasteiger partial charge in [-0.25, -0.2) is 5.48 Å². The van der Waals surface area contributed by atoms with Crippen LogP contribution in [0.3, 0.4) is 0 Å². The number of amides is 1. The Hall–Kier alpha value is -2.13. The molecular weight excluding hydrogens is 238 g/mol. The van der Waals surface area contributed by atoms with Crippen LogP contribution in [0.25, 0.3) is 0 Å². The van der Waals surface area contributed by atoms with Crippen molar-refractivity contribution in [1.82, 2.24) is 5.48 Å². The molecule has 0 aliphatic heterocycles. The maximum Gasteiger partial charge on any atom is 0.255 e. The number of nitrogens with one attached hydrogen (secondary N) is 1. The smallest absolute Gasteiger partial charge is 0.255 e. The Morgan fingerprint density at radius 2 is 1.26 bits per heavy atom. The van der Waals surface area contributed by atoms with Gasteiger partial charge in [0, 0.05) is 0 Å². The molecule has 19 heavy (non-hydrogen) atoms. The molecule has 0 fully saturated rings. The molecule has 0 radical (unpaired) electrons. The molecule has 0 atom stereocenters. The number of carbonyl (C=O) groups excluding carboxylic acids is 1. The van der Waals surface area contributed by atoms with Crippen molar-refractivity contribution in [3.63, 3.8) is 0 Å². The average molecular weight is 255 g/mol. The molecule has 0 heterocycles. The second-order valence-electron chi connectivity index (χ2n) is 4.73. The summed E-state index contributed by atoms with van der Waals surface area (Å²) in [7, 11) is 0. The summed E-state index contributed by atoms with van der Waals surface area (Å²) in [5.74, 6) is -0.918. The van der Waals surface area contributed by atoms with Gasteiger partial charge in [-0.15, -0.1) is 0 Å². The van der Waals surface area contributed by atoms with Crippen LogP contribution in [0.4, 0.5) is 0 Å². The third kappa shape index (κ3) is 3.01. The molecular formula is C16H17NO2. The van der Waals surface area contributed by atoms with Gasteiger partial charge in [0.05, 0.1) is 5.92 Å². The van der Waals surface area contributed by atoms with Crippen molar-refractivity contribution in [1.29, 1.82) is 0 Å². The molecule has 98 valence electrons. The van der Waals surface area contributed by atoms with Crippen LogP contribution in [-0.4, -0.2) is 11.1 Å². The molecule has 0 spiro atoms. The molecule has 0 bridgehead atoms. The van der Waals surface area contributed by atoms with Crippen LogP contribution in [0, 0.1) is 13.8 Å². The van der Waals surface area contributed by atoms with Crippen LogP contribution in [0.5, 0.6) is 0 Å². The molecule has 2 aromatic rings. The summed E-state index contributed by atoms with van der Waals surface area (Å²) in [6.45, 7) is 3.99. The van der Waals surface area contributed by atoms with E-state index >= 15 is 0 Å². The van der Waals surface area contributed by atoms with Crippen LogP contribution in [0.15, 0.2) is 48.5 Å². The first kappa shape index (κ1) is 13.3. The first-order valence-corrected chi connectivity index (χ1v) is 6.19. The van der Waals surface area contributed by atoms with Crippen molar-refractivity contribution < 1.29 is 10.0 Å². The summed E-state index contributed by atoms with van der Waals surface area (Å²) in [5.41, 5.74) is 5.75. The summed E-state index contributed by atoms with van der Waals surface area (Å²) in [6.07, 6.45) is 0. The lowest BCUT2D eigenvalue weighted by molar-refractivity contribution is -0.129. The van der Waals surface area contributed by atoms with Gasteiger partial charge in [0.25, 0.3) is 5.91 Å². The Kier molecular flexibility index (Phi) is 3.97. The molecule has 0 aliphatic rings. The average Bonchev–Trinajstić information content (AvgIpc) is 2.43. The van der Waals surface area contributed by atoms with Crippen LogP contribution in [0.1, 0.15) is 28.2 Å². The van der Waals surface area contributed by atoms with Crippen LogP contribution in [-0.2, 0) is 4.79 Å². The minimum absolute atomic E-state index is 0.423. The van der Waals surface area contributed by atoms with E-state index in [0.717, 1.165) is 22.3 Å². The highest BCUT2D eigenvalue weighted by Gasteiger charge is 2.22. The molecule has 2 aromatic carbocycles. The maximum atomic E-state index is 11.9. The predicted molar refractivity (Wildman–Crippen MR) is 74.1 cm³/mol. The van der Waals surface area contributed by atoms with E-state index in [1.54, 1.807) is 5.48 Å². The van der Waals surface area contributed by atoms with Crippen molar-refractivity contribution in [3.05, 3.63) is 70.8 Å². The van der Waals surface area contributed by atoms with Gasteiger partial charge in [-0.3, -0.25) is 10.0 Å². The van der Waals surface area contributed by atoms with Gasteiger partial charge in [-0.2, -0.15) is 0 Å². The zero-order valence-corrected chi connectivity index (χ0v) is 11.1. The number of hydrogen-bond acceptors (Lipinski definition) is 2. The Morgan fingerprint density at radius 3 is 1.58 bits per heavy atom. The molecule has 0 saturated heterocycles. The topological polar surface area (TPSA) is 49.3 Å². The standard InChI is InChI=1S/C16H17NO2/c1-11-3-7-13(8-4-11)15(16(18)17-19)14-9-5-12(2)6-10-14/h3-10,15,19H,1-2H3,(H,17,18). The van der Waals surface area contributed by atoms with E-state index in [0.29, 0.717) is 0 Å². The molecule has 3 nitrogen and oxygen atoms in total. The first-order valence-electron chi connectivity index (χ1n) is 6.19. The van der Waals surface area contributed by atoms with E-state index in [1.165, 1.54) is 0 Å². The van der Waals surface area contributed by atoms with E-state index in [9.17, 15) is 4.79 Å². The number of hydroxylamine groups is 1. The maximum absolute atomic E-state index is 11.9. The molecule has 2 rings (SSSR count). The van der Waals surface area contributed by atoms with E-state index in [4.69, 9.17) is 5.21 Å². The molecule has 3 heteroatoms. The largest absolute Gasteiger partial charge is 0.289 e. The Morgan fingerprint density at radius 1 is 0.895 bits per heavy atom. The highest BCUT2D eigenvalue weighted by Crippen LogP contribution is 2.25. The van der Waals surface area contributed by atoms with Gasteiger partial charge in [-0.1, -0.05) is 59.7 Å². The van der Waals surface area contributed by atoms with Crippen LogP contribution in [0.2, 0.25) is 0 Å². The predicted octanol–water partition coefficient (Wildman–Crippen LogP) is 2.94. The summed E-state index contributed by atoms with van der Waals surface area (Å²) < 4.78 is 0. The molecule has 0 aromatic heterocycles. The van der Waals surface area contributed by atoms with Crippen molar-refractivity contribution >= 4 is 5.91 Å². The third-order valence-electron chi connectivity index (χ3n) is 3.19. The van der Waals surface area contributed by atoms with Gasteiger partial charge in [0.2, 0.25) is 0 Å². The Balaban J connectivity index is 2.44. The van der Waals surface area contributed by atoms with Crippen molar-refractivity contribution in [3.8, 4) is 0 Å². The quantitative estimate of drug-likeness (QED) is 0.654. The Bertz CT molecular complexity index is 513. The molecule has 2 N–H and O–H groups in total. The summed E-state index contributed by atoms with van der Waals surface area (Å²) in [5, 5.41) is 8.94. The summed E-state index contributed by atoms with van der Waals surface area (Å²) in [4.78, 5) is 11.9. The second kappa shape index (κ2) is 5.67. The molecule has 0 unspecified atom stereocenters. The van der Waals surface area contributed by atoms with E-state index in [-0.39, 0.29) is 0 Å². The SMILES string of the molecule is Cc1ccc(C(C(=O)NO)c2ccc(C)cc2)cc1. The van der Waals surface area contributed by atoms with Gasteiger partial charge >= 0.3 is 0 Å². The van der Waals surface area contributed by atoms with Gasteiger partial charge in [-0.05, 0) is 25.0 Å². The van der Waals surface area contributed by atoms with Gasteiger partial charge < -0.3 is 0 Å². The minimum Gasteiger partial charge on any atom is -0.289 e. The lowest BCUT2D eigenvalue weighted by Gasteiger charge is -2.16. The monoisotopic (exact) mass is 255 g/mol. The molecule has 0 aliphatic carbocycles. The van der Waals surface area contributed by atoms with E-state index < -0.39 is 11.8 Å². The summed E-state index contributed by atoms with van der Waals surface area (Å²) in [6, 6.07) is 15.5. The first-order chi connectivity index (χ1) is 9.11. The fraction of sp³-hybridized carbons (Fsp3) is 0.188. The number of carbonyl (C=O) groups is 1. The minimum atomic E-state index is -0.494. The summed E-state index contributed by atoms with van der Waals surface area (Å²) >= 11 is 0. The number of benzene rings is 2. The normalized spacial score (nSPS) is 10.5. The zero-order valence-electron chi connectivity index (χ0n) is 11.1. The number of hydrogen-bond donors (Lipinski definition) is 2.